The third-order valence-corrected chi connectivity index (χ3v) is 4.39. The Kier molecular flexibility index (Phi) is 10.4. The van der Waals surface area contributed by atoms with Crippen molar-refractivity contribution in [3.8, 4) is 0 Å². The van der Waals surface area contributed by atoms with Crippen molar-refractivity contribution in [2.24, 2.45) is 4.99 Å². The van der Waals surface area contributed by atoms with Crippen molar-refractivity contribution in [2.45, 2.75) is 39.7 Å². The molecule has 0 aromatic carbocycles. The molecule has 0 aromatic rings. The van der Waals surface area contributed by atoms with Gasteiger partial charge in [-0.3, -0.25) is 4.99 Å². The fourth-order valence-electron chi connectivity index (χ4n) is 1.90. The normalized spacial score (nSPS) is 12.8. The maximum Gasteiger partial charge on any atom is 0.407 e. The van der Waals surface area contributed by atoms with Crippen LogP contribution in [0.5, 0.6) is 0 Å². The highest BCUT2D eigenvalue weighted by Crippen LogP contribution is 2.05. The Hall–Kier alpha value is -1.55. The Labute approximate surface area is 151 Å². The monoisotopic (exact) mass is 379 g/mol. The van der Waals surface area contributed by atoms with Crippen molar-refractivity contribution in [1.82, 2.24) is 20.3 Å². The molecule has 0 radical (unpaired) electrons. The summed E-state index contributed by atoms with van der Waals surface area (Å²) in [6, 6.07) is 0. The largest absolute Gasteiger partial charge is 0.444 e. The van der Waals surface area contributed by atoms with Crippen molar-refractivity contribution < 1.29 is 17.9 Å². The number of rotatable bonds is 9. The second-order valence-electron chi connectivity index (χ2n) is 6.46. The highest BCUT2D eigenvalue weighted by molar-refractivity contribution is 7.88. The molecule has 9 nitrogen and oxygen atoms in total. The quantitative estimate of drug-likeness (QED) is 0.303. The molecule has 10 heteroatoms. The van der Waals surface area contributed by atoms with Gasteiger partial charge in [-0.1, -0.05) is 6.92 Å². The summed E-state index contributed by atoms with van der Waals surface area (Å²) < 4.78 is 29.5. The van der Waals surface area contributed by atoms with Crippen LogP contribution in [0.1, 0.15) is 34.1 Å². The summed E-state index contributed by atoms with van der Waals surface area (Å²) in [4.78, 5) is 15.6. The molecule has 0 heterocycles. The Morgan fingerprint density at radius 3 is 2.16 bits per heavy atom. The molecule has 25 heavy (non-hydrogen) atoms. The van der Waals surface area contributed by atoms with Gasteiger partial charge in [0.05, 0.1) is 6.26 Å². The molecule has 0 aliphatic carbocycles. The van der Waals surface area contributed by atoms with E-state index in [-0.39, 0.29) is 0 Å². The van der Waals surface area contributed by atoms with Crippen LogP contribution in [-0.4, -0.2) is 76.4 Å². The predicted octanol–water partition coefficient (Wildman–Crippen LogP) is 0.348. The van der Waals surface area contributed by atoms with Gasteiger partial charge in [0.25, 0.3) is 0 Å². The second kappa shape index (κ2) is 11.1. The van der Waals surface area contributed by atoms with Gasteiger partial charge in [0.1, 0.15) is 5.60 Å². The first-order valence-corrected chi connectivity index (χ1v) is 10.2. The molecule has 148 valence electrons. The molecule has 0 aromatic heterocycles. The molecule has 0 bridgehead atoms. The average Bonchev–Trinajstić information content (AvgIpc) is 2.46. The second-order valence-corrected chi connectivity index (χ2v) is 8.45. The third-order valence-electron chi connectivity index (χ3n) is 3.01. The molecule has 0 fully saturated rings. The van der Waals surface area contributed by atoms with Gasteiger partial charge in [-0.05, 0) is 27.2 Å². The van der Waals surface area contributed by atoms with Crippen LogP contribution in [0.25, 0.3) is 0 Å². The number of nitrogens with one attached hydrogen (secondary N) is 3. The van der Waals surface area contributed by atoms with Crippen LogP contribution < -0.4 is 16.0 Å². The van der Waals surface area contributed by atoms with E-state index in [1.807, 2.05) is 6.92 Å². The number of alkyl carbamates (subject to hydrolysis) is 1. The molecule has 0 saturated carbocycles. The van der Waals surface area contributed by atoms with E-state index in [1.165, 1.54) is 10.6 Å². The first-order valence-electron chi connectivity index (χ1n) is 8.36. The minimum atomic E-state index is -3.15. The Balaban J connectivity index is 3.96. The van der Waals surface area contributed by atoms with Crippen molar-refractivity contribution >= 4 is 22.1 Å². The minimum Gasteiger partial charge on any atom is -0.444 e. The maximum absolute atomic E-state index is 11.5. The highest BCUT2D eigenvalue weighted by atomic mass is 32.2. The lowest BCUT2D eigenvalue weighted by Gasteiger charge is -2.20. The number of hydrogen-bond donors (Lipinski definition) is 3. The lowest BCUT2D eigenvalue weighted by Crippen LogP contribution is -2.43. The van der Waals surface area contributed by atoms with Gasteiger partial charge in [0, 0.05) is 39.8 Å². The van der Waals surface area contributed by atoms with Gasteiger partial charge >= 0.3 is 6.09 Å². The van der Waals surface area contributed by atoms with E-state index < -0.39 is 21.7 Å². The van der Waals surface area contributed by atoms with E-state index in [9.17, 15) is 13.2 Å². The summed E-state index contributed by atoms with van der Waals surface area (Å²) in [5, 5.41) is 8.80. The molecular weight excluding hydrogens is 346 g/mol. The van der Waals surface area contributed by atoms with E-state index in [0.29, 0.717) is 45.1 Å². The first kappa shape index (κ1) is 23.4. The fourth-order valence-corrected chi connectivity index (χ4v) is 2.83. The van der Waals surface area contributed by atoms with E-state index >= 15 is 0 Å². The van der Waals surface area contributed by atoms with Crippen LogP contribution >= 0.6 is 0 Å². The zero-order valence-electron chi connectivity index (χ0n) is 16.2. The SMILES string of the molecule is CCN(CCCNC(=NC)NCCNC(=O)OC(C)(C)C)S(C)(=O)=O. The minimum absolute atomic E-state index is 0.396. The smallest absolute Gasteiger partial charge is 0.407 e. The zero-order valence-corrected chi connectivity index (χ0v) is 17.0. The van der Waals surface area contributed by atoms with Crippen LogP contribution in [0, 0.1) is 0 Å². The Bertz CT molecular complexity index is 529. The molecule has 1 amide bonds. The predicted molar refractivity (Wildman–Crippen MR) is 100 cm³/mol. The van der Waals surface area contributed by atoms with Gasteiger partial charge in [-0.15, -0.1) is 0 Å². The Morgan fingerprint density at radius 1 is 1.12 bits per heavy atom. The van der Waals surface area contributed by atoms with Gasteiger partial charge in [0.2, 0.25) is 10.0 Å². The summed E-state index contributed by atoms with van der Waals surface area (Å²) >= 11 is 0. The highest BCUT2D eigenvalue weighted by Gasteiger charge is 2.15. The molecule has 0 aliphatic rings. The molecule has 0 spiro atoms. The number of hydrogen-bond acceptors (Lipinski definition) is 5. The number of carbonyl (C=O) groups excluding carboxylic acids is 1. The van der Waals surface area contributed by atoms with Crippen LogP contribution in [0.3, 0.4) is 0 Å². The van der Waals surface area contributed by atoms with Gasteiger partial charge in [-0.2, -0.15) is 0 Å². The van der Waals surface area contributed by atoms with E-state index in [1.54, 1.807) is 27.8 Å². The number of amides is 1. The first-order chi connectivity index (χ1) is 11.5. The molecule has 0 unspecified atom stereocenters. The standard InChI is InChI=1S/C15H33N5O4S/c1-7-20(25(6,22)23)12-8-9-17-13(16-5)18-10-11-19-14(21)24-15(2,3)4/h7-12H2,1-6H3,(H,19,21)(H2,16,17,18). The van der Waals surface area contributed by atoms with Crippen molar-refractivity contribution in [1.29, 1.82) is 0 Å². The number of aliphatic imine (C=N–C) groups is 1. The number of sulfonamides is 1. The molecule has 0 rings (SSSR count). The summed E-state index contributed by atoms with van der Waals surface area (Å²) in [5.74, 6) is 0.591. The van der Waals surface area contributed by atoms with Crippen molar-refractivity contribution in [3.63, 3.8) is 0 Å². The van der Waals surface area contributed by atoms with Crippen LogP contribution in [0.2, 0.25) is 0 Å². The average molecular weight is 380 g/mol. The van der Waals surface area contributed by atoms with Crippen molar-refractivity contribution in [2.75, 3.05) is 46.0 Å². The summed E-state index contributed by atoms with van der Waals surface area (Å²) in [6.45, 7) is 9.62. The molecule has 3 N–H and O–H groups in total. The third kappa shape index (κ3) is 12.5. The van der Waals surface area contributed by atoms with Crippen LogP contribution in [0.4, 0.5) is 4.79 Å². The number of guanidine groups is 1. The van der Waals surface area contributed by atoms with E-state index in [0.717, 1.165) is 0 Å². The van der Waals surface area contributed by atoms with E-state index in [2.05, 4.69) is 20.9 Å². The zero-order chi connectivity index (χ0) is 19.5. The Morgan fingerprint density at radius 2 is 1.68 bits per heavy atom. The molecule has 0 aliphatic heterocycles. The number of ether oxygens (including phenoxy) is 1. The van der Waals surface area contributed by atoms with Crippen LogP contribution in [-0.2, 0) is 14.8 Å². The number of carbonyl (C=O) groups is 1. The molecule has 0 saturated heterocycles. The summed E-state index contributed by atoms with van der Waals surface area (Å²) in [7, 11) is -1.51. The van der Waals surface area contributed by atoms with Gasteiger partial charge < -0.3 is 20.7 Å². The van der Waals surface area contributed by atoms with Crippen LogP contribution in [0.15, 0.2) is 4.99 Å². The number of nitrogens with zero attached hydrogens (tertiary/aromatic N) is 2. The van der Waals surface area contributed by atoms with E-state index in [4.69, 9.17) is 4.74 Å². The van der Waals surface area contributed by atoms with Gasteiger partial charge in [-0.25, -0.2) is 17.5 Å². The lowest BCUT2D eigenvalue weighted by molar-refractivity contribution is 0.0529. The van der Waals surface area contributed by atoms with Crippen molar-refractivity contribution in [3.05, 3.63) is 0 Å². The summed E-state index contributed by atoms with van der Waals surface area (Å²) in [5.41, 5.74) is -0.520. The molecule has 0 atom stereocenters. The summed E-state index contributed by atoms with van der Waals surface area (Å²) in [6.07, 6.45) is 1.41. The topological polar surface area (TPSA) is 112 Å². The fraction of sp³-hybridized carbons (Fsp3) is 0.867. The maximum atomic E-state index is 11.5. The van der Waals surface area contributed by atoms with Gasteiger partial charge in [0.15, 0.2) is 5.96 Å². The lowest BCUT2D eigenvalue weighted by atomic mass is 10.2. The molecular formula is C15H33N5O4S.